The van der Waals surface area contributed by atoms with Crippen molar-refractivity contribution in [2.45, 2.75) is 32.2 Å². The molecule has 2 unspecified atom stereocenters. The van der Waals surface area contributed by atoms with E-state index in [9.17, 15) is 4.79 Å². The van der Waals surface area contributed by atoms with Crippen LogP contribution in [0.4, 0.5) is 0 Å². The Kier molecular flexibility index (Phi) is 2.82. The van der Waals surface area contributed by atoms with E-state index in [1.54, 1.807) is 0 Å². The molecule has 2 atom stereocenters. The average molecular weight is 264 g/mol. The lowest BCUT2D eigenvalue weighted by atomic mass is 10.1. The molecule has 0 aliphatic heterocycles. The van der Waals surface area contributed by atoms with Gasteiger partial charge in [0.25, 0.3) is 0 Å². The number of hydrogen-bond donors (Lipinski definition) is 0. The van der Waals surface area contributed by atoms with E-state index in [4.69, 9.17) is 11.6 Å². The standard InChI is InChI=1S/C13H14ClN3O/c1-8-5-17(10-3-2-9(4-10)6-18)13-11(8)12(14)15-7-16-13/h5-7,9-10H,2-4H2,1H3. The average Bonchev–Trinajstić information content (AvgIpc) is 2.94. The number of nitrogens with zero attached hydrogens (tertiary/aromatic N) is 3. The molecule has 1 aliphatic carbocycles. The maximum atomic E-state index is 10.9. The minimum absolute atomic E-state index is 0.185. The number of rotatable bonds is 2. The normalized spacial score (nSPS) is 23.7. The number of aromatic nitrogens is 3. The highest BCUT2D eigenvalue weighted by Crippen LogP contribution is 2.37. The highest BCUT2D eigenvalue weighted by molar-refractivity contribution is 6.34. The Morgan fingerprint density at radius 2 is 2.28 bits per heavy atom. The van der Waals surface area contributed by atoms with Crippen molar-refractivity contribution in [3.05, 3.63) is 23.2 Å². The number of fused-ring (bicyclic) bond motifs is 1. The van der Waals surface area contributed by atoms with Crippen molar-refractivity contribution in [1.29, 1.82) is 0 Å². The molecule has 18 heavy (non-hydrogen) atoms. The predicted octanol–water partition coefficient (Wildman–Crippen LogP) is 2.93. The molecule has 0 amide bonds. The van der Waals surface area contributed by atoms with E-state index in [0.29, 0.717) is 11.2 Å². The second-order valence-corrected chi connectivity index (χ2v) is 5.30. The van der Waals surface area contributed by atoms with Gasteiger partial charge in [-0.15, -0.1) is 0 Å². The van der Waals surface area contributed by atoms with Gasteiger partial charge in [-0.25, -0.2) is 9.97 Å². The highest BCUT2D eigenvalue weighted by Gasteiger charge is 2.27. The molecule has 4 nitrogen and oxygen atoms in total. The number of halogens is 1. The molecule has 0 spiro atoms. The van der Waals surface area contributed by atoms with Gasteiger partial charge in [-0.3, -0.25) is 0 Å². The van der Waals surface area contributed by atoms with Gasteiger partial charge in [0.2, 0.25) is 0 Å². The second-order valence-electron chi connectivity index (χ2n) is 4.95. The first kappa shape index (κ1) is 11.7. The van der Waals surface area contributed by atoms with Crippen molar-refractivity contribution in [3.8, 4) is 0 Å². The van der Waals surface area contributed by atoms with E-state index in [1.165, 1.54) is 6.33 Å². The largest absolute Gasteiger partial charge is 0.329 e. The molecule has 1 aliphatic rings. The van der Waals surface area contributed by atoms with Gasteiger partial charge in [0.05, 0.1) is 5.39 Å². The Morgan fingerprint density at radius 1 is 1.44 bits per heavy atom. The maximum Gasteiger partial charge on any atom is 0.145 e. The van der Waals surface area contributed by atoms with Gasteiger partial charge in [-0.1, -0.05) is 11.6 Å². The summed E-state index contributed by atoms with van der Waals surface area (Å²) in [7, 11) is 0. The minimum Gasteiger partial charge on any atom is -0.329 e. The fraction of sp³-hybridized carbons (Fsp3) is 0.462. The number of aryl methyl sites for hydroxylation is 1. The monoisotopic (exact) mass is 263 g/mol. The zero-order valence-corrected chi connectivity index (χ0v) is 10.9. The third kappa shape index (κ3) is 1.72. The third-order valence-corrected chi connectivity index (χ3v) is 4.07. The Balaban J connectivity index is 2.08. The van der Waals surface area contributed by atoms with Crippen LogP contribution in [-0.2, 0) is 4.79 Å². The van der Waals surface area contributed by atoms with Crippen molar-refractivity contribution in [2.75, 3.05) is 0 Å². The lowest BCUT2D eigenvalue weighted by Gasteiger charge is -2.12. The van der Waals surface area contributed by atoms with E-state index < -0.39 is 0 Å². The van der Waals surface area contributed by atoms with Crippen LogP contribution in [0.15, 0.2) is 12.5 Å². The number of hydrogen-bond acceptors (Lipinski definition) is 3. The summed E-state index contributed by atoms with van der Waals surface area (Å²) in [6, 6.07) is 0.349. The smallest absolute Gasteiger partial charge is 0.145 e. The van der Waals surface area contributed by atoms with Gasteiger partial charge in [-0.05, 0) is 31.7 Å². The summed E-state index contributed by atoms with van der Waals surface area (Å²) in [6.45, 7) is 2.01. The molecule has 3 rings (SSSR count). The molecule has 0 aromatic carbocycles. The van der Waals surface area contributed by atoms with Crippen LogP contribution in [-0.4, -0.2) is 20.8 Å². The Labute approximate surface area is 110 Å². The van der Waals surface area contributed by atoms with E-state index in [1.807, 2.05) is 6.92 Å². The first-order valence-corrected chi connectivity index (χ1v) is 6.51. The summed E-state index contributed by atoms with van der Waals surface area (Å²) in [4.78, 5) is 19.2. The summed E-state index contributed by atoms with van der Waals surface area (Å²) in [5.41, 5.74) is 1.97. The Bertz CT molecular complexity index is 608. The van der Waals surface area contributed by atoms with Gasteiger partial charge < -0.3 is 9.36 Å². The first-order valence-electron chi connectivity index (χ1n) is 6.13. The van der Waals surface area contributed by atoms with Crippen LogP contribution < -0.4 is 0 Å². The fourth-order valence-electron chi connectivity index (χ4n) is 2.87. The topological polar surface area (TPSA) is 47.8 Å². The predicted molar refractivity (Wildman–Crippen MR) is 69.7 cm³/mol. The Morgan fingerprint density at radius 3 is 3.00 bits per heavy atom. The SMILES string of the molecule is Cc1cn(C2CCC(C=O)C2)c2ncnc(Cl)c12. The molecule has 0 N–H and O–H groups in total. The second kappa shape index (κ2) is 4.35. The van der Waals surface area contributed by atoms with Crippen LogP contribution in [0.3, 0.4) is 0 Å². The molecule has 1 fully saturated rings. The molecular formula is C13H14ClN3O. The van der Waals surface area contributed by atoms with E-state index >= 15 is 0 Å². The quantitative estimate of drug-likeness (QED) is 0.618. The van der Waals surface area contributed by atoms with Crippen molar-refractivity contribution >= 4 is 28.9 Å². The molecule has 2 aromatic rings. The van der Waals surface area contributed by atoms with Crippen LogP contribution in [0.2, 0.25) is 5.15 Å². The molecule has 0 radical (unpaired) electrons. The Hall–Kier alpha value is -1.42. The van der Waals surface area contributed by atoms with Gasteiger partial charge in [0.15, 0.2) is 0 Å². The van der Waals surface area contributed by atoms with E-state index in [2.05, 4.69) is 20.7 Å². The molecule has 0 saturated heterocycles. The molecule has 2 heterocycles. The zero-order valence-electron chi connectivity index (χ0n) is 10.1. The summed E-state index contributed by atoms with van der Waals surface area (Å²) in [5.74, 6) is 0.185. The number of carbonyl (C=O) groups is 1. The molecule has 0 bridgehead atoms. The highest BCUT2D eigenvalue weighted by atomic mass is 35.5. The third-order valence-electron chi connectivity index (χ3n) is 3.78. The van der Waals surface area contributed by atoms with Crippen LogP contribution in [0, 0.1) is 12.8 Å². The fourth-order valence-corrected chi connectivity index (χ4v) is 3.15. The number of carbonyl (C=O) groups excluding carboxylic acids is 1. The van der Waals surface area contributed by atoms with Gasteiger partial charge in [0, 0.05) is 18.2 Å². The summed E-state index contributed by atoms with van der Waals surface area (Å²) in [6.07, 6.45) is 7.52. The van der Waals surface area contributed by atoms with Gasteiger partial charge in [-0.2, -0.15) is 0 Å². The van der Waals surface area contributed by atoms with Crippen LogP contribution in [0.25, 0.3) is 11.0 Å². The molecule has 5 heteroatoms. The zero-order chi connectivity index (χ0) is 12.7. The first-order chi connectivity index (χ1) is 8.70. The molecule has 2 aromatic heterocycles. The molecular weight excluding hydrogens is 250 g/mol. The van der Waals surface area contributed by atoms with Crippen molar-refractivity contribution in [1.82, 2.24) is 14.5 Å². The summed E-state index contributed by atoms with van der Waals surface area (Å²) >= 11 is 6.12. The van der Waals surface area contributed by atoms with E-state index in [0.717, 1.165) is 42.1 Å². The number of aldehydes is 1. The van der Waals surface area contributed by atoms with Crippen molar-refractivity contribution in [3.63, 3.8) is 0 Å². The van der Waals surface area contributed by atoms with Crippen LogP contribution in [0.5, 0.6) is 0 Å². The lowest BCUT2D eigenvalue weighted by Crippen LogP contribution is -2.05. The molecule has 94 valence electrons. The van der Waals surface area contributed by atoms with Gasteiger partial charge in [0.1, 0.15) is 23.4 Å². The maximum absolute atomic E-state index is 10.9. The lowest BCUT2D eigenvalue weighted by molar-refractivity contribution is -0.110. The summed E-state index contributed by atoms with van der Waals surface area (Å²) in [5, 5.41) is 1.43. The van der Waals surface area contributed by atoms with Crippen LogP contribution in [0.1, 0.15) is 30.9 Å². The van der Waals surface area contributed by atoms with Crippen molar-refractivity contribution in [2.24, 2.45) is 5.92 Å². The van der Waals surface area contributed by atoms with Gasteiger partial charge >= 0.3 is 0 Å². The summed E-state index contributed by atoms with van der Waals surface area (Å²) < 4.78 is 2.15. The minimum atomic E-state index is 0.185. The molecule has 1 saturated carbocycles. The van der Waals surface area contributed by atoms with Crippen molar-refractivity contribution < 1.29 is 4.79 Å². The van der Waals surface area contributed by atoms with E-state index in [-0.39, 0.29) is 5.92 Å². The van der Waals surface area contributed by atoms with Crippen LogP contribution >= 0.6 is 11.6 Å².